The second-order valence-electron chi connectivity index (χ2n) is 6.83. The highest BCUT2D eigenvalue weighted by Gasteiger charge is 2.27. The largest absolute Gasteiger partial charge is 0.271 e. The second kappa shape index (κ2) is 7.66. The standard InChI is InChI=1S/C18H25N3O3S/c1-14-6-2-3-7-17(14)19-20-18(22)15-8-10-16(11-9-15)25(23,24)21-12-4-5-13-21/h8-11,14H,2-7,12-13H2,1H3,(H,20,22)/t14-/m1/s1. The molecule has 6 nitrogen and oxygen atoms in total. The molecule has 0 spiro atoms. The van der Waals surface area contributed by atoms with Crippen molar-refractivity contribution >= 4 is 21.6 Å². The Balaban J connectivity index is 1.67. The predicted molar refractivity (Wildman–Crippen MR) is 97.0 cm³/mol. The minimum atomic E-state index is -3.44. The van der Waals surface area contributed by atoms with E-state index < -0.39 is 10.0 Å². The van der Waals surface area contributed by atoms with Crippen molar-refractivity contribution in [1.29, 1.82) is 0 Å². The molecule has 1 aromatic rings. The van der Waals surface area contributed by atoms with E-state index >= 15 is 0 Å². The lowest BCUT2D eigenvalue weighted by atomic mass is 9.89. The molecule has 0 aromatic heterocycles. The zero-order valence-electron chi connectivity index (χ0n) is 14.6. The third-order valence-corrected chi connectivity index (χ3v) is 6.92. The molecule has 1 atom stereocenters. The van der Waals surface area contributed by atoms with E-state index in [0.29, 0.717) is 24.6 Å². The quantitative estimate of drug-likeness (QED) is 0.836. The first-order valence-corrected chi connectivity index (χ1v) is 10.4. The SMILES string of the molecule is C[C@@H]1CCCCC1=NNC(=O)c1ccc(S(=O)(=O)N2CCCC2)cc1. The molecule has 1 saturated heterocycles. The van der Waals surface area contributed by atoms with Gasteiger partial charge >= 0.3 is 0 Å². The third kappa shape index (κ3) is 4.10. The topological polar surface area (TPSA) is 78.8 Å². The summed E-state index contributed by atoms with van der Waals surface area (Å²) in [5, 5.41) is 4.27. The van der Waals surface area contributed by atoms with Crippen molar-refractivity contribution in [3.05, 3.63) is 29.8 Å². The summed E-state index contributed by atoms with van der Waals surface area (Å²) in [6, 6.07) is 6.09. The van der Waals surface area contributed by atoms with Crippen molar-refractivity contribution in [1.82, 2.24) is 9.73 Å². The number of hydrogen-bond acceptors (Lipinski definition) is 4. The fourth-order valence-electron chi connectivity index (χ4n) is 3.38. The molecule has 0 bridgehead atoms. The number of sulfonamides is 1. The van der Waals surface area contributed by atoms with Gasteiger partial charge < -0.3 is 0 Å². The van der Waals surface area contributed by atoms with Crippen molar-refractivity contribution in [3.8, 4) is 0 Å². The first-order valence-electron chi connectivity index (χ1n) is 8.95. The molecule has 1 amide bonds. The Morgan fingerprint density at radius 2 is 1.80 bits per heavy atom. The van der Waals surface area contributed by atoms with Crippen LogP contribution < -0.4 is 5.43 Å². The van der Waals surface area contributed by atoms with Gasteiger partial charge in [0.15, 0.2) is 0 Å². The number of hydrogen-bond donors (Lipinski definition) is 1. The summed E-state index contributed by atoms with van der Waals surface area (Å²) in [7, 11) is -3.44. The molecule has 1 aliphatic heterocycles. The summed E-state index contributed by atoms with van der Waals surface area (Å²) < 4.78 is 26.5. The van der Waals surface area contributed by atoms with Gasteiger partial charge in [0.2, 0.25) is 10.0 Å². The van der Waals surface area contributed by atoms with E-state index in [1.165, 1.54) is 22.9 Å². The van der Waals surface area contributed by atoms with E-state index in [2.05, 4.69) is 17.5 Å². The molecule has 7 heteroatoms. The second-order valence-corrected chi connectivity index (χ2v) is 8.76. The third-order valence-electron chi connectivity index (χ3n) is 5.01. The molecule has 0 radical (unpaired) electrons. The minimum absolute atomic E-state index is 0.234. The van der Waals surface area contributed by atoms with Crippen molar-refractivity contribution in [3.63, 3.8) is 0 Å². The summed E-state index contributed by atoms with van der Waals surface area (Å²) in [6.07, 6.45) is 6.16. The smallest absolute Gasteiger partial charge is 0.267 e. The van der Waals surface area contributed by atoms with Crippen molar-refractivity contribution in [2.45, 2.75) is 50.3 Å². The van der Waals surface area contributed by atoms with Crippen molar-refractivity contribution in [2.75, 3.05) is 13.1 Å². The average molecular weight is 363 g/mol. The maximum atomic E-state index is 12.5. The van der Waals surface area contributed by atoms with Crippen LogP contribution in [0, 0.1) is 5.92 Å². The molecule has 0 unspecified atom stereocenters. The predicted octanol–water partition coefficient (Wildman–Crippen LogP) is 2.77. The first kappa shape index (κ1) is 18.1. The zero-order chi connectivity index (χ0) is 17.9. The summed E-state index contributed by atoms with van der Waals surface area (Å²) in [5.74, 6) is 0.0948. The minimum Gasteiger partial charge on any atom is -0.267 e. The monoisotopic (exact) mass is 363 g/mol. The maximum absolute atomic E-state index is 12.5. The normalized spacial score (nSPS) is 23.7. The van der Waals surface area contributed by atoms with Gasteiger partial charge in [-0.15, -0.1) is 0 Å². The van der Waals surface area contributed by atoms with Gasteiger partial charge in [-0.3, -0.25) is 4.79 Å². The van der Waals surface area contributed by atoms with Crippen LogP contribution in [0.25, 0.3) is 0 Å². The fourth-order valence-corrected chi connectivity index (χ4v) is 4.90. The van der Waals surface area contributed by atoms with E-state index in [9.17, 15) is 13.2 Å². The van der Waals surface area contributed by atoms with Crippen LogP contribution in [0.5, 0.6) is 0 Å². The average Bonchev–Trinajstić information content (AvgIpc) is 3.16. The molecule has 2 aliphatic rings. The number of carbonyl (C=O) groups is 1. The van der Waals surface area contributed by atoms with Crippen LogP contribution in [-0.4, -0.2) is 37.4 Å². The molecule has 136 valence electrons. The van der Waals surface area contributed by atoms with E-state index in [0.717, 1.165) is 37.8 Å². The number of benzene rings is 1. The van der Waals surface area contributed by atoms with E-state index in [4.69, 9.17) is 0 Å². The molecule has 1 heterocycles. The zero-order valence-corrected chi connectivity index (χ0v) is 15.4. The summed E-state index contributed by atoms with van der Waals surface area (Å²) in [5.41, 5.74) is 4.05. The van der Waals surface area contributed by atoms with Gasteiger partial charge in [-0.1, -0.05) is 13.3 Å². The van der Waals surface area contributed by atoms with Gasteiger partial charge in [0.05, 0.1) is 4.90 Å². The van der Waals surface area contributed by atoms with Crippen LogP contribution in [0.1, 0.15) is 55.8 Å². The summed E-state index contributed by atoms with van der Waals surface area (Å²) in [4.78, 5) is 12.5. The van der Waals surface area contributed by atoms with E-state index in [1.54, 1.807) is 12.1 Å². The molecule has 1 saturated carbocycles. The first-order chi connectivity index (χ1) is 12.0. The maximum Gasteiger partial charge on any atom is 0.271 e. The van der Waals surface area contributed by atoms with E-state index in [-0.39, 0.29) is 10.8 Å². The van der Waals surface area contributed by atoms with Crippen LogP contribution in [-0.2, 0) is 10.0 Å². The summed E-state index contributed by atoms with van der Waals surface area (Å²) in [6.45, 7) is 3.27. The van der Waals surface area contributed by atoms with Gasteiger partial charge in [0.1, 0.15) is 0 Å². The van der Waals surface area contributed by atoms with Crippen LogP contribution in [0.2, 0.25) is 0 Å². The van der Waals surface area contributed by atoms with Gasteiger partial charge in [-0.2, -0.15) is 9.41 Å². The van der Waals surface area contributed by atoms with Crippen LogP contribution in [0.15, 0.2) is 34.3 Å². The fraction of sp³-hybridized carbons (Fsp3) is 0.556. The Labute approximate surface area is 149 Å². The van der Waals surface area contributed by atoms with Gasteiger partial charge in [-0.25, -0.2) is 13.8 Å². The molecular weight excluding hydrogens is 338 g/mol. The molecule has 1 aliphatic carbocycles. The Morgan fingerprint density at radius 1 is 1.12 bits per heavy atom. The lowest BCUT2D eigenvalue weighted by molar-refractivity contribution is 0.0954. The van der Waals surface area contributed by atoms with Gasteiger partial charge in [-0.05, 0) is 62.3 Å². The summed E-state index contributed by atoms with van der Waals surface area (Å²) >= 11 is 0. The number of nitrogens with zero attached hydrogens (tertiary/aromatic N) is 2. The number of nitrogens with one attached hydrogen (secondary N) is 1. The Kier molecular flexibility index (Phi) is 5.54. The highest BCUT2D eigenvalue weighted by atomic mass is 32.2. The molecule has 2 fully saturated rings. The number of carbonyl (C=O) groups excluding carboxylic acids is 1. The van der Waals surface area contributed by atoms with Crippen molar-refractivity contribution in [2.24, 2.45) is 11.0 Å². The highest BCUT2D eigenvalue weighted by molar-refractivity contribution is 7.89. The number of rotatable bonds is 4. The Morgan fingerprint density at radius 3 is 2.44 bits per heavy atom. The van der Waals surface area contributed by atoms with Gasteiger partial charge in [0.25, 0.3) is 5.91 Å². The van der Waals surface area contributed by atoms with Crippen LogP contribution >= 0.6 is 0 Å². The van der Waals surface area contributed by atoms with Gasteiger partial charge in [0, 0.05) is 24.4 Å². The number of amides is 1. The number of hydrazone groups is 1. The van der Waals surface area contributed by atoms with Crippen LogP contribution in [0.4, 0.5) is 0 Å². The molecule has 1 aromatic carbocycles. The molecular formula is C18H25N3O3S. The van der Waals surface area contributed by atoms with E-state index in [1.807, 2.05) is 0 Å². The Hall–Kier alpha value is -1.73. The Bertz CT molecular complexity index is 750. The lowest BCUT2D eigenvalue weighted by Crippen LogP contribution is -2.28. The molecule has 25 heavy (non-hydrogen) atoms. The highest BCUT2D eigenvalue weighted by Crippen LogP contribution is 2.22. The van der Waals surface area contributed by atoms with Crippen LogP contribution in [0.3, 0.4) is 0 Å². The van der Waals surface area contributed by atoms with Crippen molar-refractivity contribution < 1.29 is 13.2 Å². The molecule has 3 rings (SSSR count). The molecule has 1 N–H and O–H groups in total. The lowest BCUT2D eigenvalue weighted by Gasteiger charge is -2.19.